The molecule has 5 aromatic rings. The van der Waals surface area contributed by atoms with Gasteiger partial charge in [0.25, 0.3) is 5.91 Å². The lowest BCUT2D eigenvalue weighted by atomic mass is 10.1. The van der Waals surface area contributed by atoms with E-state index in [0.29, 0.717) is 40.6 Å². The quantitative estimate of drug-likeness (QED) is 0.0239. The summed E-state index contributed by atoms with van der Waals surface area (Å²) in [6, 6.07) is 31.2. The molecule has 3 aliphatic heterocycles. The first kappa shape index (κ1) is 58.7. The highest BCUT2D eigenvalue weighted by Crippen LogP contribution is 2.41. The smallest absolute Gasteiger partial charge is 0.490 e. The second-order valence-corrected chi connectivity index (χ2v) is 18.3. The number of aliphatic hydroxyl groups excluding tert-OH is 1. The third-order valence-corrected chi connectivity index (χ3v) is 12.2. The number of carbonyl (C=O) groups excluding carboxylic acids is 4. The molecule has 3 aliphatic rings. The number of amidine groups is 2. The standard InChI is InChI=1S/C52H53N13O8S.C2HF3O2/c1-2-72-50(69)44-45(67)43(74-49(44)60-36-6-4-3-5-7-36)25-31-8-17-42(41(66)24-31)73-23-22-65(54)30-35(53)29-59-48(68)34-26-39(63-51(70)61-37-13-9-32(10-14-37)46-55-18-19-56-46)28-40(27-34)64-52(71)62-38-15-11-33(12-16-38)47-57-20-21-58-47;3-2(4,5)1(6)7/h3-17,24-28,30,66-67H,2,18-23,29,53-54H2,1H3,(H,55,56)(H,57,58)(H,59,68)(H2,61,63,70)(H2,62,64,71);(H,6,7)/b35-30-,43-25-,60-49?;. The van der Waals surface area contributed by atoms with Crippen LogP contribution in [0.4, 0.5) is 51.2 Å². The number of hydrogen-bond acceptors (Lipinski definition) is 18. The Balaban J connectivity index is 0.00000127. The Bertz CT molecular complexity index is 3240. The number of hydrogen-bond donors (Lipinski definition) is 12. The van der Waals surface area contributed by atoms with Gasteiger partial charge in [-0.3, -0.25) is 14.8 Å². The minimum atomic E-state index is -5.08. The minimum absolute atomic E-state index is 0.0238. The molecule has 8 rings (SSSR count). The van der Waals surface area contributed by atoms with E-state index in [9.17, 15) is 42.6 Å². The maximum absolute atomic E-state index is 13.6. The Morgan fingerprint density at radius 3 is 1.85 bits per heavy atom. The van der Waals surface area contributed by atoms with Crippen LogP contribution in [0.2, 0.25) is 0 Å². The number of amides is 5. The van der Waals surface area contributed by atoms with E-state index in [-0.39, 0.29) is 76.8 Å². The zero-order valence-corrected chi connectivity index (χ0v) is 43.8. The van der Waals surface area contributed by atoms with Crippen molar-refractivity contribution in [1.82, 2.24) is 21.0 Å². The molecule has 0 bridgehead atoms. The van der Waals surface area contributed by atoms with Crippen molar-refractivity contribution in [3.63, 3.8) is 0 Å². The zero-order valence-electron chi connectivity index (χ0n) is 43.0. The highest BCUT2D eigenvalue weighted by molar-refractivity contribution is 8.18. The van der Waals surface area contributed by atoms with Crippen LogP contribution in [0, 0.1) is 0 Å². The van der Waals surface area contributed by atoms with Gasteiger partial charge in [0, 0.05) is 64.4 Å². The van der Waals surface area contributed by atoms with Gasteiger partial charge in [0.1, 0.15) is 34.7 Å². The van der Waals surface area contributed by atoms with Crippen LogP contribution in [-0.4, -0.2) is 126 Å². The number of thioether (sulfide) groups is 1. The third-order valence-electron chi connectivity index (χ3n) is 11.2. The average Bonchev–Trinajstić information content (AvgIpc) is 4.46. The third kappa shape index (κ3) is 17.2. The predicted octanol–water partition coefficient (Wildman–Crippen LogP) is 6.99. The number of aliphatic carboxylic acids is 1. The summed E-state index contributed by atoms with van der Waals surface area (Å²) in [5.41, 5.74) is 10.8. The van der Waals surface area contributed by atoms with E-state index in [1.807, 2.05) is 42.5 Å². The lowest BCUT2D eigenvalue weighted by Gasteiger charge is -2.17. The molecule has 0 spiro atoms. The maximum atomic E-state index is 13.6. The number of phenols is 1. The molecule has 0 fully saturated rings. The molecule has 5 aromatic carbocycles. The second kappa shape index (κ2) is 27.5. The largest absolute Gasteiger partial charge is 0.506 e. The fourth-order valence-electron chi connectivity index (χ4n) is 7.47. The number of nitrogens with zero attached hydrogens (tertiary/aromatic N) is 4. The van der Waals surface area contributed by atoms with E-state index in [4.69, 9.17) is 31.0 Å². The average molecular weight is 1130 g/mol. The lowest BCUT2D eigenvalue weighted by molar-refractivity contribution is -0.192. The molecule has 422 valence electrons. The fourth-order valence-corrected chi connectivity index (χ4v) is 8.51. The van der Waals surface area contributed by atoms with Gasteiger partial charge in [-0.2, -0.15) is 13.2 Å². The molecule has 0 radical (unpaired) electrons. The summed E-state index contributed by atoms with van der Waals surface area (Å²) in [7, 11) is 0. The van der Waals surface area contributed by atoms with Gasteiger partial charge in [0.2, 0.25) is 0 Å². The SMILES string of the molecule is CCOC(=O)C1=C(O)/C(=C/c2ccc(OCCN(N)/C=C(\N)CNC(=O)c3cc(NC(=O)Nc4ccc(C5=NCCN5)cc4)cc(NC(=O)Nc4ccc(C5=NCCN5)cc4)c3)c(O)c2)SC1=Nc1ccccc1.O=C(O)C(F)(F)F. The number of nitrogens with two attached hydrogens (primary N) is 2. The van der Waals surface area contributed by atoms with Crippen molar-refractivity contribution < 1.29 is 61.9 Å². The van der Waals surface area contributed by atoms with Crippen LogP contribution in [-0.2, 0) is 14.3 Å². The molecular formula is C54H54F3N13O10S. The van der Waals surface area contributed by atoms with Crippen molar-refractivity contribution in [3.8, 4) is 11.5 Å². The number of ether oxygens (including phenoxy) is 2. The predicted molar refractivity (Wildman–Crippen MR) is 302 cm³/mol. The number of para-hydroxylation sites is 1. The molecule has 0 saturated heterocycles. The number of urea groups is 2. The number of nitrogens with one attached hydrogen (secondary N) is 7. The first-order valence-corrected chi connectivity index (χ1v) is 25.4. The molecule has 0 aromatic heterocycles. The van der Waals surface area contributed by atoms with Crippen molar-refractivity contribution >= 4 is 92.9 Å². The first-order chi connectivity index (χ1) is 38.8. The Kier molecular flexibility index (Phi) is 19.9. The van der Waals surface area contributed by atoms with Crippen LogP contribution in [0.5, 0.6) is 11.5 Å². The highest BCUT2D eigenvalue weighted by Gasteiger charge is 2.38. The number of rotatable bonds is 18. The highest BCUT2D eigenvalue weighted by atomic mass is 32.2. The Morgan fingerprint density at radius 1 is 0.790 bits per heavy atom. The number of aliphatic hydroxyl groups is 1. The summed E-state index contributed by atoms with van der Waals surface area (Å²) in [5.74, 6) is 3.39. The van der Waals surface area contributed by atoms with Gasteiger partial charge in [-0.05, 0) is 110 Å². The summed E-state index contributed by atoms with van der Waals surface area (Å²) < 4.78 is 42.7. The van der Waals surface area contributed by atoms with Gasteiger partial charge in [-0.1, -0.05) is 36.0 Å². The number of benzene rings is 5. The Hall–Kier alpha value is -10.0. The van der Waals surface area contributed by atoms with Crippen molar-refractivity contribution in [2.45, 2.75) is 13.1 Å². The molecule has 5 amide bonds. The van der Waals surface area contributed by atoms with Crippen LogP contribution in [0.3, 0.4) is 0 Å². The van der Waals surface area contributed by atoms with Gasteiger partial charge in [0.05, 0.1) is 43.4 Å². The molecular weight excluding hydrogens is 1080 g/mol. The van der Waals surface area contributed by atoms with E-state index in [2.05, 4.69) is 52.2 Å². The first-order valence-electron chi connectivity index (χ1n) is 24.6. The summed E-state index contributed by atoms with van der Waals surface area (Å²) >= 11 is 1.09. The number of aromatic hydroxyl groups is 1. The van der Waals surface area contributed by atoms with E-state index in [1.165, 1.54) is 35.5 Å². The Morgan fingerprint density at radius 2 is 1.35 bits per heavy atom. The molecule has 0 saturated carbocycles. The zero-order chi connectivity index (χ0) is 58.1. The molecule has 0 aliphatic carbocycles. The number of alkyl halides is 3. The van der Waals surface area contributed by atoms with Crippen LogP contribution in [0.15, 0.2) is 158 Å². The number of esters is 1. The van der Waals surface area contributed by atoms with E-state index < -0.39 is 36.1 Å². The Labute approximate surface area is 464 Å². The van der Waals surface area contributed by atoms with Crippen molar-refractivity contribution in [2.24, 2.45) is 26.6 Å². The summed E-state index contributed by atoms with van der Waals surface area (Å²) in [5, 5.41) is 50.7. The normalized spacial score (nSPS) is 14.8. The van der Waals surface area contributed by atoms with Crippen molar-refractivity contribution in [2.75, 3.05) is 73.7 Å². The monoisotopic (exact) mass is 1130 g/mol. The van der Waals surface area contributed by atoms with Gasteiger partial charge in [0.15, 0.2) is 11.5 Å². The number of halogens is 3. The van der Waals surface area contributed by atoms with Crippen molar-refractivity contribution in [3.05, 3.63) is 166 Å². The molecule has 23 nitrogen and oxygen atoms in total. The molecule has 3 heterocycles. The van der Waals surface area contributed by atoms with Gasteiger partial charge < -0.3 is 72.8 Å². The lowest BCUT2D eigenvalue weighted by Crippen LogP contribution is -2.33. The summed E-state index contributed by atoms with van der Waals surface area (Å²) in [6.45, 7) is 4.71. The number of phenolic OH excluding ortho intramolecular Hbond substituents is 1. The second-order valence-electron chi connectivity index (χ2n) is 17.2. The fraction of sp³-hybridized carbons (Fsp3) is 0.185. The van der Waals surface area contributed by atoms with Gasteiger partial charge >= 0.3 is 30.2 Å². The molecule has 81 heavy (non-hydrogen) atoms. The molecule has 14 N–H and O–H groups in total. The van der Waals surface area contributed by atoms with Crippen LogP contribution < -0.4 is 53.5 Å². The van der Waals surface area contributed by atoms with E-state index >= 15 is 0 Å². The van der Waals surface area contributed by atoms with Crippen LogP contribution in [0.25, 0.3) is 6.08 Å². The topological polar surface area (TPSA) is 341 Å². The molecule has 27 heteroatoms. The summed E-state index contributed by atoms with van der Waals surface area (Å²) in [4.78, 5) is 75.4. The number of hydrazine groups is 1. The number of anilines is 4. The van der Waals surface area contributed by atoms with Crippen LogP contribution in [0.1, 0.15) is 34.0 Å². The maximum Gasteiger partial charge on any atom is 0.490 e. The van der Waals surface area contributed by atoms with E-state index in [1.54, 1.807) is 61.5 Å². The number of aliphatic imine (C=N–C) groups is 3. The summed E-state index contributed by atoms with van der Waals surface area (Å²) in [6.07, 6.45) is -2.07. The van der Waals surface area contributed by atoms with Crippen molar-refractivity contribution in [1.29, 1.82) is 0 Å². The van der Waals surface area contributed by atoms with Gasteiger partial charge in [-0.15, -0.1) is 0 Å². The molecule has 0 atom stereocenters. The van der Waals surface area contributed by atoms with Crippen LogP contribution >= 0.6 is 11.8 Å². The van der Waals surface area contributed by atoms with E-state index in [0.717, 1.165) is 47.6 Å². The molecule has 0 unspecified atom stereocenters. The number of carbonyl (C=O) groups is 5. The number of carboxylic acids is 1. The number of carboxylic acid groups (broad SMARTS) is 1. The van der Waals surface area contributed by atoms with Gasteiger partial charge in [-0.25, -0.2) is 30.0 Å². The minimum Gasteiger partial charge on any atom is -0.506 e.